The van der Waals surface area contributed by atoms with Gasteiger partial charge in [-0.15, -0.1) is 0 Å². The molecule has 37 heavy (non-hydrogen) atoms. The fourth-order valence-corrected chi connectivity index (χ4v) is 4.65. The average molecular weight is 497 g/mol. The number of aromatic nitrogens is 3. The fourth-order valence-electron chi connectivity index (χ4n) is 4.65. The maximum Gasteiger partial charge on any atom is 0.276 e. The predicted molar refractivity (Wildman–Crippen MR) is 146 cm³/mol. The molecule has 5 rings (SSSR count). The quantitative estimate of drug-likeness (QED) is 0.394. The minimum Gasteiger partial charge on any atom is -0.494 e. The Balaban J connectivity index is 1.23. The number of aryl methyl sites for hydroxylation is 1. The molecule has 0 atom stereocenters. The smallest absolute Gasteiger partial charge is 0.276 e. The van der Waals surface area contributed by atoms with Crippen LogP contribution >= 0.6 is 0 Å². The maximum atomic E-state index is 13.1. The lowest BCUT2D eigenvalue weighted by Crippen LogP contribution is -2.47. The number of carbonyl (C=O) groups excluding carboxylic acids is 1. The molecule has 0 unspecified atom stereocenters. The Morgan fingerprint density at radius 3 is 2.54 bits per heavy atom. The summed E-state index contributed by atoms with van der Waals surface area (Å²) in [5.41, 5.74) is 5.37. The third-order valence-corrected chi connectivity index (χ3v) is 6.73. The number of benzene rings is 2. The number of methoxy groups -OCH3 is 1. The molecule has 0 bridgehead atoms. The summed E-state index contributed by atoms with van der Waals surface area (Å²) in [7, 11) is 1.63. The number of hydrogen-bond acceptors (Lipinski definition) is 6. The van der Waals surface area contributed by atoms with Crippen LogP contribution < -0.4 is 15.0 Å². The first kappa shape index (κ1) is 24.5. The van der Waals surface area contributed by atoms with Gasteiger partial charge in [-0.25, -0.2) is 4.68 Å². The number of anilines is 2. The molecule has 0 spiro atoms. The van der Waals surface area contributed by atoms with Crippen molar-refractivity contribution in [1.82, 2.24) is 19.7 Å². The van der Waals surface area contributed by atoms with E-state index < -0.39 is 0 Å². The zero-order valence-electron chi connectivity index (χ0n) is 21.3. The number of nitrogens with zero attached hydrogens (tertiary/aromatic N) is 5. The van der Waals surface area contributed by atoms with E-state index in [2.05, 4.69) is 43.4 Å². The van der Waals surface area contributed by atoms with Gasteiger partial charge < -0.3 is 15.0 Å². The lowest BCUT2D eigenvalue weighted by Gasteiger charge is -2.37. The van der Waals surface area contributed by atoms with Crippen LogP contribution in [-0.2, 0) is 6.42 Å². The number of hydrogen-bond donors (Lipinski definition) is 1. The van der Waals surface area contributed by atoms with Gasteiger partial charge in [0, 0.05) is 51.3 Å². The number of pyridine rings is 1. The lowest BCUT2D eigenvalue weighted by atomic mass is 10.1. The molecule has 0 saturated carbocycles. The van der Waals surface area contributed by atoms with Crippen LogP contribution in [0.2, 0.25) is 0 Å². The van der Waals surface area contributed by atoms with Gasteiger partial charge in [0.25, 0.3) is 5.91 Å². The molecular formula is C29H32N6O2. The molecule has 2 aromatic carbocycles. The second-order valence-corrected chi connectivity index (χ2v) is 9.23. The minimum absolute atomic E-state index is 0.242. The van der Waals surface area contributed by atoms with Crippen LogP contribution in [0, 0.1) is 6.92 Å². The summed E-state index contributed by atoms with van der Waals surface area (Å²) in [6.07, 6.45) is 6.50. The maximum absolute atomic E-state index is 13.1. The number of piperazine rings is 1. The van der Waals surface area contributed by atoms with Gasteiger partial charge in [0.15, 0.2) is 5.69 Å². The lowest BCUT2D eigenvalue weighted by molar-refractivity contribution is 0.102. The van der Waals surface area contributed by atoms with Crippen LogP contribution in [-0.4, -0.2) is 65.4 Å². The van der Waals surface area contributed by atoms with Crippen molar-refractivity contribution >= 4 is 17.3 Å². The van der Waals surface area contributed by atoms with Crippen molar-refractivity contribution in [2.45, 2.75) is 13.3 Å². The number of rotatable bonds is 8. The minimum atomic E-state index is -0.242. The van der Waals surface area contributed by atoms with E-state index in [-0.39, 0.29) is 5.91 Å². The van der Waals surface area contributed by atoms with Crippen LogP contribution in [0.4, 0.5) is 11.4 Å². The molecule has 2 aromatic heterocycles. The monoisotopic (exact) mass is 496 g/mol. The molecule has 3 heterocycles. The molecule has 4 aromatic rings. The van der Waals surface area contributed by atoms with E-state index in [4.69, 9.17) is 4.74 Å². The highest BCUT2D eigenvalue weighted by Crippen LogP contribution is 2.28. The van der Waals surface area contributed by atoms with Gasteiger partial charge in [-0.2, -0.15) is 5.10 Å². The normalized spacial score (nSPS) is 13.9. The molecular weight excluding hydrogens is 464 g/mol. The number of amides is 1. The van der Waals surface area contributed by atoms with Crippen LogP contribution in [0.5, 0.6) is 5.75 Å². The van der Waals surface area contributed by atoms with Gasteiger partial charge in [-0.1, -0.05) is 18.2 Å². The third kappa shape index (κ3) is 5.81. The zero-order valence-corrected chi connectivity index (χ0v) is 21.3. The molecule has 1 amide bonds. The van der Waals surface area contributed by atoms with Crippen LogP contribution in [0.25, 0.3) is 5.69 Å². The Morgan fingerprint density at radius 2 is 1.76 bits per heavy atom. The second kappa shape index (κ2) is 11.3. The SMILES string of the molecule is COc1ccc(C)cc1-n1ccc(C(=O)Nc2ccccc2N2CCN(CCc3ccncc3)CC2)n1. The summed E-state index contributed by atoms with van der Waals surface area (Å²) < 4.78 is 7.15. The van der Waals surface area contributed by atoms with Crippen molar-refractivity contribution < 1.29 is 9.53 Å². The molecule has 1 aliphatic heterocycles. The number of para-hydroxylation sites is 2. The van der Waals surface area contributed by atoms with E-state index in [0.717, 1.165) is 61.8 Å². The highest BCUT2D eigenvalue weighted by molar-refractivity contribution is 6.04. The van der Waals surface area contributed by atoms with E-state index >= 15 is 0 Å². The topological polar surface area (TPSA) is 75.5 Å². The first-order valence-electron chi connectivity index (χ1n) is 12.6. The molecule has 1 aliphatic rings. The highest BCUT2D eigenvalue weighted by Gasteiger charge is 2.21. The Morgan fingerprint density at radius 1 is 0.973 bits per heavy atom. The standard InChI is InChI=1S/C29H32N6O2/c1-22-7-8-28(37-2)27(21-22)35-16-12-25(32-35)29(36)31-24-5-3-4-6-26(24)34-19-17-33(18-20-34)15-11-23-9-13-30-14-10-23/h3-10,12-14,16,21H,11,15,17-20H2,1-2H3,(H,31,36). The van der Waals surface area contributed by atoms with Gasteiger partial charge >= 0.3 is 0 Å². The van der Waals surface area contributed by atoms with Gasteiger partial charge in [0.2, 0.25) is 0 Å². The Hall–Kier alpha value is -4.17. The first-order chi connectivity index (χ1) is 18.1. The van der Waals surface area contributed by atoms with Crippen molar-refractivity contribution in [3.63, 3.8) is 0 Å². The van der Waals surface area contributed by atoms with E-state index in [1.807, 2.05) is 55.7 Å². The third-order valence-electron chi connectivity index (χ3n) is 6.73. The Labute approximate surface area is 217 Å². The van der Waals surface area contributed by atoms with E-state index in [9.17, 15) is 4.79 Å². The van der Waals surface area contributed by atoms with E-state index in [1.165, 1.54) is 5.56 Å². The zero-order chi connectivity index (χ0) is 25.6. The van der Waals surface area contributed by atoms with Crippen LogP contribution in [0.1, 0.15) is 21.6 Å². The first-order valence-corrected chi connectivity index (χ1v) is 12.6. The second-order valence-electron chi connectivity index (χ2n) is 9.23. The molecule has 8 heteroatoms. The molecule has 1 saturated heterocycles. The molecule has 1 fully saturated rings. The van der Waals surface area contributed by atoms with Crippen molar-refractivity contribution in [2.75, 3.05) is 50.1 Å². The van der Waals surface area contributed by atoms with Crippen molar-refractivity contribution in [2.24, 2.45) is 0 Å². The summed E-state index contributed by atoms with van der Waals surface area (Å²) in [6.45, 7) is 6.82. The van der Waals surface area contributed by atoms with Gasteiger partial charge in [-0.05, 0) is 66.9 Å². The molecule has 8 nitrogen and oxygen atoms in total. The van der Waals surface area contributed by atoms with Gasteiger partial charge in [-0.3, -0.25) is 14.7 Å². The summed E-state index contributed by atoms with van der Waals surface area (Å²) in [6, 6.07) is 19.7. The summed E-state index contributed by atoms with van der Waals surface area (Å²) in [5.74, 6) is 0.458. The Kier molecular flexibility index (Phi) is 7.46. The predicted octanol–water partition coefficient (Wildman–Crippen LogP) is 4.20. The van der Waals surface area contributed by atoms with Gasteiger partial charge in [0.1, 0.15) is 11.4 Å². The largest absolute Gasteiger partial charge is 0.494 e. The van der Waals surface area contributed by atoms with Crippen molar-refractivity contribution in [3.05, 3.63) is 96.1 Å². The summed E-state index contributed by atoms with van der Waals surface area (Å²) in [5, 5.41) is 7.60. The number of nitrogens with one attached hydrogen (secondary N) is 1. The molecule has 0 radical (unpaired) electrons. The summed E-state index contributed by atoms with van der Waals surface area (Å²) in [4.78, 5) is 22.1. The number of ether oxygens (including phenoxy) is 1. The molecule has 190 valence electrons. The van der Waals surface area contributed by atoms with E-state index in [1.54, 1.807) is 24.1 Å². The van der Waals surface area contributed by atoms with E-state index in [0.29, 0.717) is 11.4 Å². The summed E-state index contributed by atoms with van der Waals surface area (Å²) >= 11 is 0. The number of carbonyl (C=O) groups is 1. The van der Waals surface area contributed by atoms with Crippen molar-refractivity contribution in [1.29, 1.82) is 0 Å². The van der Waals surface area contributed by atoms with Crippen molar-refractivity contribution in [3.8, 4) is 11.4 Å². The highest BCUT2D eigenvalue weighted by atomic mass is 16.5. The average Bonchev–Trinajstić information content (AvgIpc) is 3.44. The van der Waals surface area contributed by atoms with Crippen LogP contribution in [0.3, 0.4) is 0 Å². The van der Waals surface area contributed by atoms with Crippen LogP contribution in [0.15, 0.2) is 79.3 Å². The molecule has 0 aliphatic carbocycles. The fraction of sp³-hybridized carbons (Fsp3) is 0.276. The Bertz CT molecular complexity index is 1350. The molecule has 1 N–H and O–H groups in total. The van der Waals surface area contributed by atoms with Gasteiger partial charge in [0.05, 0.1) is 18.5 Å².